The average molecular weight is 285 g/mol. The van der Waals surface area contributed by atoms with Gasteiger partial charge in [-0.25, -0.2) is 4.79 Å². The van der Waals surface area contributed by atoms with Gasteiger partial charge in [0.15, 0.2) is 0 Å². The van der Waals surface area contributed by atoms with Crippen LogP contribution in [0.1, 0.15) is 53.9 Å². The van der Waals surface area contributed by atoms with Crippen LogP contribution < -0.4 is 5.32 Å². The maximum Gasteiger partial charge on any atom is 0.337 e. The van der Waals surface area contributed by atoms with Gasteiger partial charge in [0, 0.05) is 17.5 Å². The van der Waals surface area contributed by atoms with Crippen LogP contribution in [0.5, 0.6) is 0 Å². The molecule has 21 heavy (non-hydrogen) atoms. The van der Waals surface area contributed by atoms with E-state index in [0.717, 1.165) is 18.9 Å². The Morgan fingerprint density at radius 1 is 1.29 bits per heavy atom. The van der Waals surface area contributed by atoms with Crippen molar-refractivity contribution in [2.45, 2.75) is 50.8 Å². The van der Waals surface area contributed by atoms with E-state index < -0.39 is 0 Å². The number of esters is 1. The third-order valence-corrected chi connectivity index (χ3v) is 5.21. The minimum absolute atomic E-state index is 0.256. The smallest absolute Gasteiger partial charge is 0.337 e. The Hall–Kier alpha value is -1.45. The van der Waals surface area contributed by atoms with Crippen molar-refractivity contribution in [3.63, 3.8) is 0 Å². The zero-order valence-corrected chi connectivity index (χ0v) is 13.0. The van der Waals surface area contributed by atoms with Crippen LogP contribution in [0.3, 0.4) is 0 Å². The number of hydrogen-bond donors (Lipinski definition) is 1. The number of rotatable bonds is 3. The molecule has 4 heteroatoms. The lowest BCUT2D eigenvalue weighted by atomic mass is 9.61. The van der Waals surface area contributed by atoms with E-state index in [0.29, 0.717) is 17.4 Å². The second-order valence-electron chi connectivity index (χ2n) is 6.38. The Morgan fingerprint density at radius 3 is 2.71 bits per heavy atom. The topological polar surface area (TPSA) is 38.3 Å². The van der Waals surface area contributed by atoms with Crippen LogP contribution >= 0.6 is 0 Å². The summed E-state index contributed by atoms with van der Waals surface area (Å²) >= 11 is 0. The number of hydrogen-bond acceptors (Lipinski definition) is 3. The molecule has 2 aliphatic rings. The highest BCUT2D eigenvalue weighted by molar-refractivity contribution is 6.37. The molecule has 0 saturated heterocycles. The molecular weight excluding hydrogens is 261 g/mol. The number of anilines is 1. The normalized spacial score (nSPS) is 25.0. The molecule has 112 valence electrons. The highest BCUT2D eigenvalue weighted by Gasteiger charge is 2.37. The van der Waals surface area contributed by atoms with Gasteiger partial charge < -0.3 is 10.1 Å². The standard InChI is InChI=1S/C17H24BNO2/c1-18-16-15(11-6-4-3-5-7-11)13-9-8-12(17(20)21-2)10-14(13)19-16/h8-11,15-16,18-19H,3-7H2,1-2H3/t15-,16?/m0/s1. The summed E-state index contributed by atoms with van der Waals surface area (Å²) in [5, 5.41) is 3.64. The average Bonchev–Trinajstić information content (AvgIpc) is 2.92. The maximum atomic E-state index is 11.7. The van der Waals surface area contributed by atoms with Gasteiger partial charge >= 0.3 is 5.97 Å². The number of carbonyl (C=O) groups excluding carboxylic acids is 1. The lowest BCUT2D eigenvalue weighted by Crippen LogP contribution is -2.31. The first-order chi connectivity index (χ1) is 10.2. The number of nitrogens with one attached hydrogen (secondary N) is 1. The third kappa shape index (κ3) is 2.68. The zero-order valence-electron chi connectivity index (χ0n) is 13.0. The molecule has 0 aromatic heterocycles. The molecule has 1 fully saturated rings. The van der Waals surface area contributed by atoms with Crippen LogP contribution in [-0.4, -0.2) is 26.3 Å². The minimum atomic E-state index is -0.256. The fourth-order valence-electron chi connectivity index (χ4n) is 4.15. The quantitative estimate of drug-likeness (QED) is 0.683. The van der Waals surface area contributed by atoms with Gasteiger partial charge in [-0.05, 0) is 36.5 Å². The fraction of sp³-hybridized carbons (Fsp3) is 0.588. The SMILES string of the molecule is CBC1Nc2cc(C(=O)OC)ccc2[C@@H]1C1CCCCC1. The van der Waals surface area contributed by atoms with E-state index in [9.17, 15) is 4.79 Å². The van der Waals surface area contributed by atoms with E-state index in [1.54, 1.807) is 0 Å². The summed E-state index contributed by atoms with van der Waals surface area (Å²) in [5.74, 6) is 1.66. The first kappa shape index (κ1) is 14.5. The Kier molecular flexibility index (Phi) is 4.23. The third-order valence-electron chi connectivity index (χ3n) is 5.21. The molecule has 0 amide bonds. The van der Waals surface area contributed by atoms with Gasteiger partial charge in [-0.15, -0.1) is 0 Å². The van der Waals surface area contributed by atoms with E-state index in [1.807, 2.05) is 12.1 Å². The molecule has 1 N–H and O–H groups in total. The van der Waals surface area contributed by atoms with Gasteiger partial charge in [-0.1, -0.05) is 32.2 Å². The number of fused-ring (bicyclic) bond motifs is 1. The largest absolute Gasteiger partial charge is 0.465 e. The van der Waals surface area contributed by atoms with Crippen molar-refractivity contribution in [1.82, 2.24) is 0 Å². The number of ether oxygens (including phenoxy) is 1. The molecule has 1 aliphatic heterocycles. The fourth-order valence-corrected chi connectivity index (χ4v) is 4.15. The lowest BCUT2D eigenvalue weighted by molar-refractivity contribution is 0.0601. The van der Waals surface area contributed by atoms with Crippen LogP contribution in [0.2, 0.25) is 6.82 Å². The Morgan fingerprint density at radius 2 is 2.05 bits per heavy atom. The van der Waals surface area contributed by atoms with Gasteiger partial charge in [0.2, 0.25) is 0 Å². The monoisotopic (exact) mass is 285 g/mol. The molecule has 1 aromatic rings. The minimum Gasteiger partial charge on any atom is -0.465 e. The molecule has 0 radical (unpaired) electrons. The van der Waals surface area contributed by atoms with Crippen molar-refractivity contribution in [2.24, 2.45) is 5.92 Å². The van der Waals surface area contributed by atoms with E-state index in [-0.39, 0.29) is 5.97 Å². The van der Waals surface area contributed by atoms with E-state index >= 15 is 0 Å². The predicted octanol–water partition coefficient (Wildman–Crippen LogP) is 3.37. The Balaban J connectivity index is 1.90. The summed E-state index contributed by atoms with van der Waals surface area (Å²) in [5.41, 5.74) is 3.18. The predicted molar refractivity (Wildman–Crippen MR) is 87.5 cm³/mol. The highest BCUT2D eigenvalue weighted by atomic mass is 16.5. The van der Waals surface area contributed by atoms with E-state index in [4.69, 9.17) is 4.74 Å². The Bertz CT molecular complexity index is 526. The molecule has 2 atom stereocenters. The molecule has 1 aromatic carbocycles. The summed E-state index contributed by atoms with van der Waals surface area (Å²) < 4.78 is 4.83. The van der Waals surface area contributed by atoms with Gasteiger partial charge in [-0.2, -0.15) is 0 Å². The summed E-state index contributed by atoms with van der Waals surface area (Å²) in [4.78, 5) is 11.7. The van der Waals surface area contributed by atoms with Crippen LogP contribution in [0.15, 0.2) is 18.2 Å². The van der Waals surface area contributed by atoms with Gasteiger partial charge in [0.25, 0.3) is 0 Å². The summed E-state index contributed by atoms with van der Waals surface area (Å²) in [7, 11) is 2.56. The summed E-state index contributed by atoms with van der Waals surface area (Å²) in [6.07, 6.45) is 6.82. The second-order valence-corrected chi connectivity index (χ2v) is 6.38. The first-order valence-corrected chi connectivity index (χ1v) is 8.23. The highest BCUT2D eigenvalue weighted by Crippen LogP contribution is 2.45. The second kappa shape index (κ2) is 6.12. The van der Waals surface area contributed by atoms with E-state index in [2.05, 4.69) is 18.2 Å². The zero-order chi connectivity index (χ0) is 14.8. The maximum absolute atomic E-state index is 11.7. The van der Waals surface area contributed by atoms with Gasteiger partial charge in [-0.3, -0.25) is 0 Å². The van der Waals surface area contributed by atoms with Crippen LogP contribution in [0.4, 0.5) is 5.69 Å². The molecule has 0 bridgehead atoms. The van der Waals surface area contributed by atoms with Gasteiger partial charge in [0.05, 0.1) is 12.7 Å². The van der Waals surface area contributed by atoms with Crippen LogP contribution in [-0.2, 0) is 4.74 Å². The van der Waals surface area contributed by atoms with Crippen molar-refractivity contribution in [3.05, 3.63) is 29.3 Å². The molecule has 0 spiro atoms. The number of carbonyl (C=O) groups is 1. The summed E-state index contributed by atoms with van der Waals surface area (Å²) in [6.45, 7) is 2.25. The molecule has 1 aliphatic carbocycles. The van der Waals surface area contributed by atoms with Crippen LogP contribution in [0, 0.1) is 5.92 Å². The Labute approximate surface area is 127 Å². The molecular formula is C17H24BNO2. The van der Waals surface area contributed by atoms with Crippen molar-refractivity contribution >= 4 is 18.9 Å². The van der Waals surface area contributed by atoms with E-state index in [1.165, 1.54) is 44.8 Å². The summed E-state index contributed by atoms with van der Waals surface area (Å²) in [6, 6.07) is 6.02. The van der Waals surface area contributed by atoms with Crippen molar-refractivity contribution in [1.29, 1.82) is 0 Å². The van der Waals surface area contributed by atoms with Crippen molar-refractivity contribution in [2.75, 3.05) is 12.4 Å². The van der Waals surface area contributed by atoms with Crippen molar-refractivity contribution < 1.29 is 9.53 Å². The lowest BCUT2D eigenvalue weighted by Gasteiger charge is -2.31. The molecule has 1 saturated carbocycles. The number of methoxy groups -OCH3 is 1. The number of benzene rings is 1. The molecule has 3 nitrogen and oxygen atoms in total. The first-order valence-electron chi connectivity index (χ1n) is 8.23. The molecule has 1 unspecified atom stereocenters. The molecule has 3 rings (SSSR count). The molecule has 1 heterocycles. The van der Waals surface area contributed by atoms with Crippen LogP contribution in [0.25, 0.3) is 0 Å². The van der Waals surface area contributed by atoms with Crippen molar-refractivity contribution in [3.8, 4) is 0 Å². The van der Waals surface area contributed by atoms with Gasteiger partial charge in [0.1, 0.15) is 7.28 Å².